The lowest BCUT2D eigenvalue weighted by atomic mass is 9.62. The summed E-state index contributed by atoms with van der Waals surface area (Å²) in [5.74, 6) is -0.454. The predicted molar refractivity (Wildman–Crippen MR) is 463 cm³/mol. The van der Waals surface area contributed by atoms with E-state index in [-0.39, 0.29) is 73.7 Å². The molecule has 112 heavy (non-hydrogen) atoms. The lowest BCUT2D eigenvalue weighted by molar-refractivity contribution is -0.167. The molecule has 18 atom stereocenters. The van der Waals surface area contributed by atoms with Crippen LogP contribution in [0.5, 0.6) is 0 Å². The average molecular weight is 1540 g/mol. The van der Waals surface area contributed by atoms with Gasteiger partial charge >= 0.3 is 0 Å². The minimum absolute atomic E-state index is 0.0197. The molecule has 2 aromatic carbocycles. The van der Waals surface area contributed by atoms with Crippen molar-refractivity contribution in [3.05, 3.63) is 183 Å². The van der Waals surface area contributed by atoms with Gasteiger partial charge in [-0.3, -0.25) is 0 Å². The predicted octanol–water partition coefficient (Wildman–Crippen LogP) is 28.8. The zero-order chi connectivity index (χ0) is 83.2. The van der Waals surface area contributed by atoms with Crippen LogP contribution in [0.1, 0.15) is 373 Å². The molecule has 0 saturated carbocycles. The number of hydrogen-bond donors (Lipinski definition) is 0. The van der Waals surface area contributed by atoms with E-state index in [0.29, 0.717) is 40.3 Å². The fourth-order valence-electron chi connectivity index (χ4n) is 25.0. The first-order valence-electron chi connectivity index (χ1n) is 43.9. The van der Waals surface area contributed by atoms with E-state index < -0.39 is 11.7 Å². The normalized spacial score (nSPS) is 40.1. The Morgan fingerprint density at radius 3 is 0.946 bits per heavy atom. The Kier molecular flexibility index (Phi) is 22.2. The number of fused-ring (bicyclic) bond motifs is 24. The van der Waals surface area contributed by atoms with Crippen molar-refractivity contribution in [1.29, 1.82) is 0 Å². The van der Waals surface area contributed by atoms with E-state index in [4.69, 9.17) is 23.7 Å². The second-order valence-corrected chi connectivity index (χ2v) is 43.5. The highest BCUT2D eigenvalue weighted by Gasteiger charge is 2.67. The molecular formula is C104H152F2O6. The molecule has 18 unspecified atom stereocenters. The molecule has 0 amide bonds. The van der Waals surface area contributed by atoms with Gasteiger partial charge in [0.25, 0.3) is 0 Å². The monoisotopic (exact) mass is 1540 g/mol. The SMILES string of the molecule is CC1=C(C)C2(C(C)(C)C)CCC1(C(C)(C)C)O2.CC1=C(C)C2(C(C)(C)C)CCC1(C)O2.CC1=C(C)C2(C(C)(C)C)CCC1O2.CC1=C(C)C2(C)CC1(C)c1ccccc12.CC1=C(C)C2(C)CCC1(C)O2.CC1=C(C)C2(F)CCC1(F)O2.CC1=C(C)C2C=CC1C2.CC1=C(C)C2CC1c1ccccc12.CC1=C(C)C2CCC1O2. The number of rotatable bonds is 0. The molecule has 6 nitrogen and oxygen atoms in total. The summed E-state index contributed by atoms with van der Waals surface area (Å²) in [5.41, 5.74) is 33.4. The highest BCUT2D eigenvalue weighted by molar-refractivity contribution is 5.62. The summed E-state index contributed by atoms with van der Waals surface area (Å²) in [6.07, 6.45) is 22.5. The topological polar surface area (TPSA) is 55.4 Å². The summed E-state index contributed by atoms with van der Waals surface area (Å²) >= 11 is 0. The quantitative estimate of drug-likeness (QED) is 0.245. The van der Waals surface area contributed by atoms with Crippen molar-refractivity contribution in [2.24, 2.45) is 33.5 Å². The van der Waals surface area contributed by atoms with E-state index in [2.05, 4.69) is 294 Å². The van der Waals surface area contributed by atoms with E-state index in [1.807, 2.05) is 0 Å². The highest BCUT2D eigenvalue weighted by Crippen LogP contribution is 2.67. The van der Waals surface area contributed by atoms with E-state index >= 15 is 0 Å². The number of hydrogen-bond acceptors (Lipinski definition) is 6. The van der Waals surface area contributed by atoms with Crippen LogP contribution >= 0.6 is 0 Å². The minimum Gasteiger partial charge on any atom is -0.366 e. The van der Waals surface area contributed by atoms with Crippen LogP contribution in [0.3, 0.4) is 0 Å². The van der Waals surface area contributed by atoms with Crippen LogP contribution in [0.4, 0.5) is 8.78 Å². The summed E-state index contributed by atoms with van der Waals surface area (Å²) in [6, 6.07) is 17.9. The lowest BCUT2D eigenvalue weighted by Gasteiger charge is -2.42. The molecule has 618 valence electrons. The Balaban J connectivity index is 0.000000118. The summed E-state index contributed by atoms with van der Waals surface area (Å²) in [6.45, 7) is 78.4. The molecule has 18 aliphatic rings. The Bertz CT molecular complexity index is 4180. The Hall–Kier alpha value is -4.54. The van der Waals surface area contributed by atoms with Crippen molar-refractivity contribution in [2.45, 2.75) is 431 Å². The zero-order valence-electron chi connectivity index (χ0n) is 77.1. The number of ether oxygens (including phenoxy) is 6. The van der Waals surface area contributed by atoms with Crippen molar-refractivity contribution >= 4 is 0 Å². The molecular weight excluding hydrogens is 1380 g/mol. The molecule has 0 radical (unpaired) electrons. The largest absolute Gasteiger partial charge is 0.366 e. The first kappa shape index (κ1) is 86.8. The molecule has 0 N–H and O–H groups in total. The minimum atomic E-state index is -1.79. The third-order valence-corrected chi connectivity index (χ3v) is 34.7. The van der Waals surface area contributed by atoms with Crippen molar-refractivity contribution in [3.8, 4) is 0 Å². The third kappa shape index (κ3) is 13.3. The number of halogens is 2. The maximum absolute atomic E-state index is 13.5. The van der Waals surface area contributed by atoms with Gasteiger partial charge in [0.05, 0.1) is 57.5 Å². The van der Waals surface area contributed by atoms with Crippen molar-refractivity contribution < 1.29 is 37.2 Å². The Morgan fingerprint density at radius 1 is 0.312 bits per heavy atom. The lowest BCUT2D eigenvalue weighted by Crippen LogP contribution is -2.44. The first-order valence-corrected chi connectivity index (χ1v) is 43.9. The zero-order valence-corrected chi connectivity index (χ0v) is 77.1. The molecule has 0 spiro atoms. The first-order chi connectivity index (χ1) is 51.4. The smallest absolute Gasteiger partial charge is 0.234 e. The van der Waals surface area contributed by atoms with Gasteiger partial charge in [0.1, 0.15) is 0 Å². The average Bonchev–Trinajstić information content (AvgIpc) is 1.52. The van der Waals surface area contributed by atoms with Gasteiger partial charge in [-0.15, -0.1) is 0 Å². The summed E-state index contributed by atoms with van der Waals surface area (Å²) in [5, 5.41) is 0. The molecule has 12 heterocycles. The molecule has 18 bridgehead atoms. The van der Waals surface area contributed by atoms with E-state index in [1.165, 1.54) is 139 Å². The van der Waals surface area contributed by atoms with Crippen molar-refractivity contribution in [2.75, 3.05) is 0 Å². The molecule has 6 saturated heterocycles. The molecule has 6 fully saturated rings. The maximum atomic E-state index is 13.5. The van der Waals surface area contributed by atoms with Gasteiger partial charge in [-0.1, -0.05) is 191 Å². The van der Waals surface area contributed by atoms with Crippen molar-refractivity contribution in [1.82, 2.24) is 0 Å². The van der Waals surface area contributed by atoms with Gasteiger partial charge in [-0.05, 0) is 351 Å². The van der Waals surface area contributed by atoms with Gasteiger partial charge < -0.3 is 28.4 Å². The fourth-order valence-corrected chi connectivity index (χ4v) is 25.0. The second-order valence-electron chi connectivity index (χ2n) is 43.5. The van der Waals surface area contributed by atoms with Gasteiger partial charge in [-0.25, -0.2) is 8.78 Å². The van der Waals surface area contributed by atoms with Gasteiger partial charge in [0.15, 0.2) is 0 Å². The fraction of sp³-hybridized carbons (Fsp3) is 0.692. The van der Waals surface area contributed by atoms with Crippen LogP contribution in [0.25, 0.3) is 0 Å². The van der Waals surface area contributed by atoms with Gasteiger partial charge in [0.2, 0.25) is 11.7 Å². The standard InChI is InChI=1S/C16H28O.C15H18.C13H22O.C13H14.C12H20O.C10H16O.C9H12.C8H10F2O.C8H12O/c1-11-12(2)16(14(6,7)8)10-9-15(11,17-16)13(3,4)5;1-10-11(2)15(4)9-14(10,3)12-7-5-6-8-13(12)15;1-9-10(2)13(11(3,4)5)8-7-12(9,6)14-13;1-8-9(2)13-7-12(8)10-5-3-4-6-11(10)13;1-8-9(2)12(11(3,4)5)7-6-10(8)13-12;1-7-8(2)10(4)6-5-9(7,3)11-10;1-6-7(2)9-4-3-8(6)5-9;1-5-6(2)8(10)4-3-7(5,9)11-8;1-5-6(2)8-4-3-7(5)9-8/h9-10H2,1-8H3;5-8H,9H2,1-4H3;7-8H2,1-6H3;3-6,12-13H,7H2,1-2H3;10H,6-7H2,1-5H3;5-6H2,1-4H3;3-4,8-9H,5H2,1-2H3;3-4H2,1-2H3;7-8H,3-4H2,1-2H3. The van der Waals surface area contributed by atoms with Crippen LogP contribution in [0, 0.1) is 33.5 Å². The Morgan fingerprint density at radius 2 is 0.670 bits per heavy atom. The maximum Gasteiger partial charge on any atom is 0.234 e. The molecule has 12 aliphatic heterocycles. The van der Waals surface area contributed by atoms with Crippen LogP contribution in [0.15, 0.2) is 161 Å². The van der Waals surface area contributed by atoms with E-state index in [1.54, 1.807) is 69.5 Å². The number of benzene rings is 2. The summed E-state index contributed by atoms with van der Waals surface area (Å²) < 4.78 is 62.5. The number of allylic oxidation sites excluding steroid dienone is 8. The molecule has 20 rings (SSSR count). The summed E-state index contributed by atoms with van der Waals surface area (Å²) in [4.78, 5) is 0. The van der Waals surface area contributed by atoms with Gasteiger partial charge in [0, 0.05) is 35.5 Å². The van der Waals surface area contributed by atoms with Crippen molar-refractivity contribution in [3.63, 3.8) is 0 Å². The van der Waals surface area contributed by atoms with Crippen LogP contribution in [0.2, 0.25) is 0 Å². The van der Waals surface area contributed by atoms with Crippen LogP contribution < -0.4 is 0 Å². The van der Waals surface area contributed by atoms with Crippen LogP contribution in [-0.2, 0) is 39.3 Å². The second kappa shape index (κ2) is 28.6. The Labute approximate surface area is 680 Å². The highest BCUT2D eigenvalue weighted by atomic mass is 19.2. The molecule has 8 heteroatoms. The van der Waals surface area contributed by atoms with Crippen LogP contribution in [-0.4, -0.2) is 69.2 Å². The van der Waals surface area contributed by atoms with Gasteiger partial charge in [-0.2, -0.15) is 0 Å². The summed E-state index contributed by atoms with van der Waals surface area (Å²) in [7, 11) is 0. The molecule has 0 aromatic heterocycles. The third-order valence-electron chi connectivity index (χ3n) is 34.7. The molecule has 2 aromatic rings. The van der Waals surface area contributed by atoms with E-state index in [9.17, 15) is 8.78 Å². The molecule has 6 aliphatic carbocycles. The van der Waals surface area contributed by atoms with E-state index in [0.717, 1.165) is 23.7 Å². The number of alkyl halides is 2.